The number of hydrogen-bond donors (Lipinski definition) is 1. The molecule has 0 saturated carbocycles. The number of carboxylic acids is 1. The van der Waals surface area contributed by atoms with Crippen LogP contribution in [0.25, 0.3) is 6.08 Å². The molecule has 0 bridgehead atoms. The van der Waals surface area contributed by atoms with Gasteiger partial charge in [-0.15, -0.1) is 0 Å². The van der Waals surface area contributed by atoms with E-state index in [2.05, 4.69) is 0 Å². The zero-order valence-electron chi connectivity index (χ0n) is 11.5. The molecule has 1 rings (SSSR count). The molecular formula is C15H18ClNO3. The number of halogens is 1. The van der Waals surface area contributed by atoms with Gasteiger partial charge in [-0.25, -0.2) is 0 Å². The Morgan fingerprint density at radius 3 is 2.70 bits per heavy atom. The Kier molecular flexibility index (Phi) is 6.25. The molecule has 1 atom stereocenters. The van der Waals surface area contributed by atoms with E-state index in [4.69, 9.17) is 16.7 Å². The van der Waals surface area contributed by atoms with Crippen LogP contribution in [0, 0.1) is 5.92 Å². The van der Waals surface area contributed by atoms with Crippen molar-refractivity contribution in [3.8, 4) is 0 Å². The highest BCUT2D eigenvalue weighted by Crippen LogP contribution is 2.12. The molecule has 0 aliphatic rings. The molecule has 1 unspecified atom stereocenters. The summed E-state index contributed by atoms with van der Waals surface area (Å²) < 4.78 is 0. The van der Waals surface area contributed by atoms with Gasteiger partial charge in [0.15, 0.2) is 0 Å². The van der Waals surface area contributed by atoms with Crippen LogP contribution in [0.15, 0.2) is 30.3 Å². The smallest absolute Gasteiger partial charge is 0.308 e. The molecule has 0 radical (unpaired) electrons. The molecule has 0 aromatic heterocycles. The van der Waals surface area contributed by atoms with Crippen molar-refractivity contribution in [2.24, 2.45) is 5.92 Å². The number of hydrogen-bond acceptors (Lipinski definition) is 2. The fraction of sp³-hybridized carbons (Fsp3) is 0.333. The Morgan fingerprint density at radius 1 is 1.45 bits per heavy atom. The van der Waals surface area contributed by atoms with Crippen LogP contribution in [-0.4, -0.2) is 35.0 Å². The fourth-order valence-corrected chi connectivity index (χ4v) is 1.87. The van der Waals surface area contributed by atoms with E-state index in [1.54, 1.807) is 31.2 Å². The maximum atomic E-state index is 12.0. The van der Waals surface area contributed by atoms with Crippen molar-refractivity contribution >= 4 is 29.6 Å². The molecule has 0 aliphatic carbocycles. The Balaban J connectivity index is 2.70. The first-order valence-corrected chi connectivity index (χ1v) is 6.77. The molecule has 0 aliphatic heterocycles. The number of amides is 1. The minimum absolute atomic E-state index is 0.199. The first-order chi connectivity index (χ1) is 9.43. The number of carboxylic acid groups (broad SMARTS) is 1. The zero-order valence-corrected chi connectivity index (χ0v) is 12.3. The second kappa shape index (κ2) is 7.70. The summed E-state index contributed by atoms with van der Waals surface area (Å²) in [5.74, 6) is -1.70. The standard InChI is InChI=1S/C15H18ClNO3/c1-3-17(10-11(2)15(19)20)14(18)8-7-12-5-4-6-13(16)9-12/h4-9,11H,3,10H2,1-2H3,(H,19,20). The van der Waals surface area contributed by atoms with Crippen LogP contribution >= 0.6 is 11.6 Å². The van der Waals surface area contributed by atoms with Gasteiger partial charge in [0.25, 0.3) is 0 Å². The Hall–Kier alpha value is -1.81. The van der Waals surface area contributed by atoms with Crippen molar-refractivity contribution in [3.63, 3.8) is 0 Å². The molecule has 0 spiro atoms. The van der Waals surface area contributed by atoms with E-state index < -0.39 is 11.9 Å². The molecule has 4 nitrogen and oxygen atoms in total. The Morgan fingerprint density at radius 2 is 2.15 bits per heavy atom. The molecule has 1 aromatic rings. The highest BCUT2D eigenvalue weighted by molar-refractivity contribution is 6.30. The van der Waals surface area contributed by atoms with Gasteiger partial charge < -0.3 is 10.0 Å². The normalized spacial score (nSPS) is 12.3. The number of aliphatic carboxylic acids is 1. The fourth-order valence-electron chi connectivity index (χ4n) is 1.67. The second-order valence-electron chi connectivity index (χ2n) is 4.50. The van der Waals surface area contributed by atoms with Crippen molar-refractivity contribution in [3.05, 3.63) is 40.9 Å². The van der Waals surface area contributed by atoms with Crippen molar-refractivity contribution in [2.75, 3.05) is 13.1 Å². The van der Waals surface area contributed by atoms with E-state index in [-0.39, 0.29) is 12.5 Å². The number of carbonyl (C=O) groups excluding carboxylic acids is 1. The summed E-state index contributed by atoms with van der Waals surface area (Å²) >= 11 is 5.86. The van der Waals surface area contributed by atoms with Gasteiger partial charge in [-0.2, -0.15) is 0 Å². The number of carbonyl (C=O) groups is 2. The molecule has 0 fully saturated rings. The van der Waals surface area contributed by atoms with Crippen LogP contribution in [0.4, 0.5) is 0 Å². The van der Waals surface area contributed by atoms with E-state index in [1.807, 2.05) is 13.0 Å². The predicted octanol–water partition coefficient (Wildman–Crippen LogP) is 2.92. The van der Waals surface area contributed by atoms with Crippen LogP contribution in [0.2, 0.25) is 5.02 Å². The summed E-state index contributed by atoms with van der Waals surface area (Å²) in [6.45, 7) is 4.07. The molecule has 20 heavy (non-hydrogen) atoms. The van der Waals surface area contributed by atoms with Crippen molar-refractivity contribution < 1.29 is 14.7 Å². The lowest BCUT2D eigenvalue weighted by molar-refractivity contribution is -0.142. The Bertz CT molecular complexity index is 514. The topological polar surface area (TPSA) is 57.6 Å². The number of benzene rings is 1. The summed E-state index contributed by atoms with van der Waals surface area (Å²) in [5, 5.41) is 9.48. The lowest BCUT2D eigenvalue weighted by Gasteiger charge is -2.21. The minimum atomic E-state index is -0.907. The summed E-state index contributed by atoms with van der Waals surface area (Å²) in [7, 11) is 0. The third kappa shape index (κ3) is 5.05. The molecule has 1 amide bonds. The lowest BCUT2D eigenvalue weighted by atomic mass is 10.1. The quantitative estimate of drug-likeness (QED) is 0.821. The van der Waals surface area contributed by atoms with Crippen LogP contribution in [0.3, 0.4) is 0 Å². The number of rotatable bonds is 6. The SMILES string of the molecule is CCN(CC(C)C(=O)O)C(=O)C=Cc1cccc(Cl)c1. The van der Waals surface area contributed by atoms with Crippen molar-refractivity contribution in [2.45, 2.75) is 13.8 Å². The van der Waals surface area contributed by atoms with Gasteiger partial charge in [0, 0.05) is 24.2 Å². The van der Waals surface area contributed by atoms with Gasteiger partial charge >= 0.3 is 5.97 Å². The van der Waals surface area contributed by atoms with E-state index in [0.29, 0.717) is 11.6 Å². The lowest BCUT2D eigenvalue weighted by Crippen LogP contribution is -2.35. The van der Waals surface area contributed by atoms with E-state index >= 15 is 0 Å². The summed E-state index contributed by atoms with van der Waals surface area (Å²) in [4.78, 5) is 24.3. The first-order valence-electron chi connectivity index (χ1n) is 6.39. The van der Waals surface area contributed by atoms with Gasteiger partial charge in [-0.3, -0.25) is 9.59 Å². The molecule has 1 aromatic carbocycles. The van der Waals surface area contributed by atoms with Gasteiger partial charge in [-0.1, -0.05) is 30.7 Å². The van der Waals surface area contributed by atoms with Gasteiger partial charge in [-0.05, 0) is 30.7 Å². The molecule has 0 heterocycles. The van der Waals surface area contributed by atoms with Crippen LogP contribution in [0.1, 0.15) is 19.4 Å². The van der Waals surface area contributed by atoms with Crippen LogP contribution in [0.5, 0.6) is 0 Å². The summed E-state index contributed by atoms with van der Waals surface area (Å²) in [6.07, 6.45) is 3.10. The highest BCUT2D eigenvalue weighted by atomic mass is 35.5. The van der Waals surface area contributed by atoms with Crippen molar-refractivity contribution in [1.29, 1.82) is 0 Å². The zero-order chi connectivity index (χ0) is 15.1. The largest absolute Gasteiger partial charge is 0.481 e. The van der Waals surface area contributed by atoms with Crippen LogP contribution < -0.4 is 0 Å². The molecular weight excluding hydrogens is 278 g/mol. The molecule has 0 saturated heterocycles. The van der Waals surface area contributed by atoms with E-state index in [0.717, 1.165) is 5.56 Å². The molecule has 1 N–H and O–H groups in total. The van der Waals surface area contributed by atoms with Gasteiger partial charge in [0.05, 0.1) is 5.92 Å². The maximum absolute atomic E-state index is 12.0. The number of likely N-dealkylation sites (N-methyl/N-ethyl adjacent to an activating group) is 1. The predicted molar refractivity (Wildman–Crippen MR) is 79.5 cm³/mol. The monoisotopic (exact) mass is 295 g/mol. The van der Waals surface area contributed by atoms with Gasteiger partial charge in [0.2, 0.25) is 5.91 Å². The average molecular weight is 296 g/mol. The van der Waals surface area contributed by atoms with Crippen LogP contribution in [-0.2, 0) is 9.59 Å². The minimum Gasteiger partial charge on any atom is -0.481 e. The van der Waals surface area contributed by atoms with E-state index in [1.165, 1.54) is 11.0 Å². The van der Waals surface area contributed by atoms with E-state index in [9.17, 15) is 9.59 Å². The molecule has 108 valence electrons. The second-order valence-corrected chi connectivity index (χ2v) is 4.94. The van der Waals surface area contributed by atoms with Gasteiger partial charge in [0.1, 0.15) is 0 Å². The maximum Gasteiger partial charge on any atom is 0.308 e. The molecule has 5 heteroatoms. The summed E-state index contributed by atoms with van der Waals surface area (Å²) in [5.41, 5.74) is 0.827. The summed E-state index contributed by atoms with van der Waals surface area (Å²) in [6, 6.07) is 7.15. The third-order valence-corrected chi connectivity index (χ3v) is 3.11. The first kappa shape index (κ1) is 16.2. The third-order valence-electron chi connectivity index (χ3n) is 2.88. The number of nitrogens with zero attached hydrogens (tertiary/aromatic N) is 1. The highest BCUT2D eigenvalue weighted by Gasteiger charge is 2.17. The Labute approximate surface area is 123 Å². The van der Waals surface area contributed by atoms with Crippen molar-refractivity contribution in [1.82, 2.24) is 4.90 Å². The average Bonchev–Trinajstić information content (AvgIpc) is 2.41.